The molecule has 0 fully saturated rings. The molecule has 2 aromatic rings. The third-order valence-electron chi connectivity index (χ3n) is 3.79. The summed E-state index contributed by atoms with van der Waals surface area (Å²) in [6, 6.07) is 7.35. The fourth-order valence-electron chi connectivity index (χ4n) is 2.80. The number of pyridine rings is 1. The minimum atomic E-state index is -0.865. The monoisotopic (exact) mass is 302 g/mol. The first-order valence-electron chi connectivity index (χ1n) is 6.85. The lowest BCUT2D eigenvalue weighted by molar-refractivity contribution is 0.0695. The van der Waals surface area contributed by atoms with E-state index in [9.17, 15) is 9.90 Å². The van der Waals surface area contributed by atoms with Crippen LogP contribution in [0.25, 0.3) is 0 Å². The minimum Gasteiger partial charge on any atom is -0.478 e. The molecule has 0 saturated heterocycles. The van der Waals surface area contributed by atoms with Gasteiger partial charge in [0, 0.05) is 31.2 Å². The highest BCUT2D eigenvalue weighted by Crippen LogP contribution is 2.31. The number of carboxylic acid groups (broad SMARTS) is 1. The van der Waals surface area contributed by atoms with Gasteiger partial charge in [-0.1, -0.05) is 17.7 Å². The van der Waals surface area contributed by atoms with E-state index in [-0.39, 0.29) is 0 Å². The van der Waals surface area contributed by atoms with Crippen LogP contribution in [0.5, 0.6) is 0 Å². The van der Waals surface area contributed by atoms with E-state index < -0.39 is 5.97 Å². The van der Waals surface area contributed by atoms with Gasteiger partial charge in [0.05, 0.1) is 10.6 Å². The van der Waals surface area contributed by atoms with Gasteiger partial charge in [0.25, 0.3) is 0 Å². The van der Waals surface area contributed by atoms with Gasteiger partial charge < -0.3 is 10.0 Å². The summed E-state index contributed by atoms with van der Waals surface area (Å²) < 4.78 is 0. The van der Waals surface area contributed by atoms with Crippen molar-refractivity contribution in [3.63, 3.8) is 0 Å². The van der Waals surface area contributed by atoms with Gasteiger partial charge in [-0.2, -0.15) is 0 Å². The summed E-state index contributed by atoms with van der Waals surface area (Å²) in [5.74, 6) is -0.865. The Balaban J connectivity index is 1.96. The Bertz CT molecular complexity index is 688. The van der Waals surface area contributed by atoms with Crippen LogP contribution >= 0.6 is 11.6 Å². The van der Waals surface area contributed by atoms with E-state index >= 15 is 0 Å². The Kier molecular flexibility index (Phi) is 3.80. The molecule has 2 heterocycles. The van der Waals surface area contributed by atoms with E-state index in [1.54, 1.807) is 24.5 Å². The molecule has 21 heavy (non-hydrogen) atoms. The largest absolute Gasteiger partial charge is 0.478 e. The number of nitrogens with zero attached hydrogens (tertiary/aromatic N) is 2. The number of halogens is 1. The molecule has 0 spiro atoms. The second-order valence-electron chi connectivity index (χ2n) is 5.10. The van der Waals surface area contributed by atoms with Gasteiger partial charge in [-0.05, 0) is 42.2 Å². The van der Waals surface area contributed by atoms with Crippen LogP contribution in [0.3, 0.4) is 0 Å². The van der Waals surface area contributed by atoms with Crippen molar-refractivity contribution in [1.29, 1.82) is 0 Å². The number of hydrogen-bond donors (Lipinski definition) is 1. The highest BCUT2D eigenvalue weighted by atomic mass is 35.5. The zero-order chi connectivity index (χ0) is 14.8. The van der Waals surface area contributed by atoms with E-state index in [1.807, 2.05) is 12.1 Å². The van der Waals surface area contributed by atoms with Gasteiger partial charge in [0.2, 0.25) is 0 Å². The van der Waals surface area contributed by atoms with E-state index in [4.69, 9.17) is 11.6 Å². The number of fused-ring (bicyclic) bond motifs is 1. The Morgan fingerprint density at radius 3 is 3.00 bits per heavy atom. The highest BCUT2D eigenvalue weighted by Gasteiger charge is 2.22. The zero-order valence-corrected chi connectivity index (χ0v) is 12.2. The first kappa shape index (κ1) is 13.9. The lowest BCUT2D eigenvalue weighted by atomic mass is 9.96. The summed E-state index contributed by atoms with van der Waals surface area (Å²) >= 11 is 6.17. The first-order chi connectivity index (χ1) is 10.2. The molecule has 0 saturated carbocycles. The van der Waals surface area contributed by atoms with Gasteiger partial charge in [-0.25, -0.2) is 4.79 Å². The fraction of sp³-hybridized carbons (Fsp3) is 0.250. The summed E-state index contributed by atoms with van der Waals surface area (Å²) in [6.45, 7) is 1.56. The fourth-order valence-corrected chi connectivity index (χ4v) is 2.98. The Morgan fingerprint density at radius 2 is 2.24 bits per heavy atom. The van der Waals surface area contributed by atoms with Crippen molar-refractivity contribution >= 4 is 23.3 Å². The Labute approximate surface area is 128 Å². The summed E-state index contributed by atoms with van der Waals surface area (Å²) in [5, 5.41) is 9.95. The van der Waals surface area contributed by atoms with Gasteiger partial charge in [0.15, 0.2) is 0 Å². The third-order valence-corrected chi connectivity index (χ3v) is 4.14. The third kappa shape index (κ3) is 2.72. The van der Waals surface area contributed by atoms with Crippen molar-refractivity contribution < 1.29 is 9.90 Å². The Hall–Kier alpha value is -2.07. The quantitative estimate of drug-likeness (QED) is 0.944. The van der Waals surface area contributed by atoms with E-state index in [2.05, 4.69) is 9.88 Å². The maximum atomic E-state index is 11.3. The molecule has 0 amide bonds. The van der Waals surface area contributed by atoms with E-state index in [1.165, 1.54) is 0 Å². The lowest BCUT2D eigenvalue weighted by Gasteiger charge is -2.32. The van der Waals surface area contributed by atoms with Crippen LogP contribution in [-0.4, -0.2) is 22.6 Å². The molecule has 0 atom stereocenters. The van der Waals surface area contributed by atoms with Crippen molar-refractivity contribution in [3.8, 4) is 0 Å². The summed E-state index contributed by atoms with van der Waals surface area (Å²) in [6.07, 6.45) is 5.10. The number of aromatic nitrogens is 1. The van der Waals surface area contributed by atoms with E-state index in [0.29, 0.717) is 17.1 Å². The summed E-state index contributed by atoms with van der Waals surface area (Å²) in [4.78, 5) is 17.5. The van der Waals surface area contributed by atoms with Crippen molar-refractivity contribution in [3.05, 3.63) is 58.4 Å². The number of carbonyl (C=O) groups is 1. The molecule has 0 aliphatic carbocycles. The number of rotatable bonds is 3. The van der Waals surface area contributed by atoms with Crippen molar-refractivity contribution in [1.82, 2.24) is 4.98 Å². The van der Waals surface area contributed by atoms with Gasteiger partial charge in [0.1, 0.15) is 0 Å². The molecule has 3 rings (SSSR count). The molecule has 0 radical (unpaired) electrons. The maximum absolute atomic E-state index is 11.3. The van der Waals surface area contributed by atoms with E-state index in [0.717, 1.165) is 36.2 Å². The van der Waals surface area contributed by atoms with Gasteiger partial charge in [-0.15, -0.1) is 0 Å². The van der Waals surface area contributed by atoms with Gasteiger partial charge in [-0.3, -0.25) is 4.98 Å². The molecular weight excluding hydrogens is 288 g/mol. The van der Waals surface area contributed by atoms with Crippen molar-refractivity contribution in [2.45, 2.75) is 19.4 Å². The number of hydrogen-bond acceptors (Lipinski definition) is 3. The standard InChI is InChI=1S/C16H15ClN2O2/c17-14-9-18-7-6-11(14)10-19-8-2-4-12-13(16(20)21)3-1-5-15(12)19/h1,3,5-7,9H,2,4,8,10H2,(H,20,21). The molecule has 5 heteroatoms. The minimum absolute atomic E-state index is 0.401. The molecule has 1 aliphatic rings. The first-order valence-corrected chi connectivity index (χ1v) is 7.23. The molecule has 4 nitrogen and oxygen atoms in total. The number of aromatic carboxylic acids is 1. The molecule has 1 aliphatic heterocycles. The summed E-state index contributed by atoms with van der Waals surface area (Å²) in [7, 11) is 0. The average Bonchev–Trinajstić information content (AvgIpc) is 2.49. The molecule has 0 bridgehead atoms. The maximum Gasteiger partial charge on any atom is 0.336 e. The lowest BCUT2D eigenvalue weighted by Crippen LogP contribution is -2.30. The SMILES string of the molecule is O=C(O)c1cccc2c1CCCN2Cc1ccncc1Cl. The molecule has 1 aromatic heterocycles. The Morgan fingerprint density at radius 1 is 1.38 bits per heavy atom. The van der Waals surface area contributed by atoms with Crippen LogP contribution in [0.2, 0.25) is 5.02 Å². The molecule has 1 N–H and O–H groups in total. The molecular formula is C16H15ClN2O2. The van der Waals surface area contributed by atoms with Crippen LogP contribution in [0.1, 0.15) is 27.9 Å². The van der Waals surface area contributed by atoms with Crippen LogP contribution in [-0.2, 0) is 13.0 Å². The number of benzene rings is 1. The zero-order valence-electron chi connectivity index (χ0n) is 11.4. The molecule has 108 valence electrons. The van der Waals surface area contributed by atoms with Crippen molar-refractivity contribution in [2.24, 2.45) is 0 Å². The molecule has 1 aromatic carbocycles. The number of anilines is 1. The predicted molar refractivity (Wildman–Crippen MR) is 82.0 cm³/mol. The van der Waals surface area contributed by atoms with Crippen molar-refractivity contribution in [2.75, 3.05) is 11.4 Å². The average molecular weight is 303 g/mol. The van der Waals surface area contributed by atoms with Gasteiger partial charge >= 0.3 is 5.97 Å². The molecule has 0 unspecified atom stereocenters. The van der Waals surface area contributed by atoms with Crippen LogP contribution in [0.4, 0.5) is 5.69 Å². The van der Waals surface area contributed by atoms with Crippen LogP contribution in [0, 0.1) is 0 Å². The predicted octanol–water partition coefficient (Wildman–Crippen LogP) is 3.39. The van der Waals surface area contributed by atoms with Crippen LogP contribution < -0.4 is 4.90 Å². The second-order valence-corrected chi connectivity index (χ2v) is 5.51. The number of carboxylic acids is 1. The summed E-state index contributed by atoms with van der Waals surface area (Å²) in [5.41, 5.74) is 3.31. The highest BCUT2D eigenvalue weighted by molar-refractivity contribution is 6.31. The second kappa shape index (κ2) is 5.74. The topological polar surface area (TPSA) is 53.4 Å². The normalized spacial score (nSPS) is 13.9. The van der Waals surface area contributed by atoms with Crippen LogP contribution in [0.15, 0.2) is 36.7 Å². The smallest absolute Gasteiger partial charge is 0.336 e.